The number of benzene rings is 1. The van der Waals surface area contributed by atoms with Crippen LogP contribution in [0.3, 0.4) is 0 Å². The number of Topliss-reactive ketones (excluding diaryl/α,β-unsaturated/α-hetero) is 1. The highest BCUT2D eigenvalue weighted by Crippen LogP contribution is 2.26. The molecule has 1 rings (SSSR count). The van der Waals surface area contributed by atoms with E-state index in [-0.39, 0.29) is 5.78 Å². The first kappa shape index (κ1) is 18.2. The molecular formula is C18H26O4. The smallest absolute Gasteiger partial charge is 0.309 e. The van der Waals surface area contributed by atoms with Crippen LogP contribution in [0, 0.1) is 19.3 Å². The van der Waals surface area contributed by atoms with Crippen LogP contribution in [0.25, 0.3) is 0 Å². The topological polar surface area (TPSA) is 63.6 Å². The third kappa shape index (κ3) is 4.58. The molecule has 0 aromatic heterocycles. The highest BCUT2D eigenvalue weighted by molar-refractivity contribution is 5.97. The normalized spacial score (nSPS) is 11.3. The maximum absolute atomic E-state index is 11.8. The lowest BCUT2D eigenvalue weighted by Gasteiger charge is -2.19. The van der Waals surface area contributed by atoms with Crippen LogP contribution in [-0.4, -0.2) is 23.5 Å². The number of carbonyl (C=O) groups is 2. The van der Waals surface area contributed by atoms with Crippen molar-refractivity contribution in [1.29, 1.82) is 0 Å². The lowest BCUT2D eigenvalue weighted by molar-refractivity contribution is -0.147. The number of rotatable bonds is 8. The van der Waals surface area contributed by atoms with Gasteiger partial charge in [0.05, 0.1) is 12.0 Å². The molecule has 0 fully saturated rings. The number of ether oxygens (including phenoxy) is 1. The Labute approximate surface area is 132 Å². The zero-order chi connectivity index (χ0) is 16.9. The minimum absolute atomic E-state index is 0.135. The second kappa shape index (κ2) is 7.43. The number of aryl methyl sites for hydroxylation is 2. The molecule has 1 aromatic carbocycles. The van der Waals surface area contributed by atoms with Gasteiger partial charge in [-0.3, -0.25) is 9.59 Å². The van der Waals surface area contributed by atoms with Crippen molar-refractivity contribution in [3.63, 3.8) is 0 Å². The predicted octanol–water partition coefficient (Wildman–Crippen LogP) is 4.17. The molecule has 0 aliphatic heterocycles. The van der Waals surface area contributed by atoms with Gasteiger partial charge in [-0.1, -0.05) is 6.92 Å². The first-order chi connectivity index (χ1) is 10.2. The van der Waals surface area contributed by atoms with Crippen molar-refractivity contribution in [1.82, 2.24) is 0 Å². The molecule has 0 bridgehead atoms. The third-order valence-corrected chi connectivity index (χ3v) is 3.93. The number of aliphatic carboxylic acids is 1. The molecule has 22 heavy (non-hydrogen) atoms. The minimum atomic E-state index is -0.790. The highest BCUT2D eigenvalue weighted by Gasteiger charge is 2.26. The minimum Gasteiger partial charge on any atom is -0.493 e. The summed E-state index contributed by atoms with van der Waals surface area (Å²) in [4.78, 5) is 22.9. The molecule has 0 heterocycles. The zero-order valence-corrected chi connectivity index (χ0v) is 14.2. The molecule has 0 aliphatic carbocycles. The monoisotopic (exact) mass is 306 g/mol. The summed E-state index contributed by atoms with van der Waals surface area (Å²) in [5.74, 6) is 0.107. The molecule has 0 saturated heterocycles. The van der Waals surface area contributed by atoms with Gasteiger partial charge in [0.2, 0.25) is 0 Å². The summed E-state index contributed by atoms with van der Waals surface area (Å²) in [6, 6.07) is 3.76. The number of hydrogen-bond acceptors (Lipinski definition) is 3. The van der Waals surface area contributed by atoms with Crippen molar-refractivity contribution >= 4 is 11.8 Å². The second-order valence-corrected chi connectivity index (χ2v) is 6.35. The lowest BCUT2D eigenvalue weighted by atomic mass is 9.88. The molecule has 1 aromatic rings. The fraction of sp³-hybridized carbons (Fsp3) is 0.556. The maximum atomic E-state index is 11.8. The standard InChI is InChI=1S/C18H26O4/c1-6-15(19)14-10-13(3)16(11-12(14)2)22-9-7-8-18(4,5)17(20)21/h10-11H,6-9H2,1-5H3,(H,20,21). The Morgan fingerprint density at radius 1 is 1.18 bits per heavy atom. The van der Waals surface area contributed by atoms with Crippen LogP contribution >= 0.6 is 0 Å². The lowest BCUT2D eigenvalue weighted by Crippen LogP contribution is -2.24. The summed E-state index contributed by atoms with van der Waals surface area (Å²) in [7, 11) is 0. The van der Waals surface area contributed by atoms with E-state index in [2.05, 4.69) is 0 Å². The van der Waals surface area contributed by atoms with Gasteiger partial charge in [-0.25, -0.2) is 0 Å². The van der Waals surface area contributed by atoms with E-state index in [0.29, 0.717) is 25.9 Å². The van der Waals surface area contributed by atoms with Gasteiger partial charge in [0, 0.05) is 12.0 Å². The molecule has 0 spiro atoms. The number of ketones is 1. The van der Waals surface area contributed by atoms with E-state index >= 15 is 0 Å². The summed E-state index contributed by atoms with van der Waals surface area (Å²) in [5, 5.41) is 9.07. The van der Waals surface area contributed by atoms with Crippen molar-refractivity contribution in [2.45, 2.75) is 53.9 Å². The van der Waals surface area contributed by atoms with Crippen molar-refractivity contribution < 1.29 is 19.4 Å². The van der Waals surface area contributed by atoms with Gasteiger partial charge in [0.15, 0.2) is 5.78 Å². The molecule has 0 radical (unpaired) electrons. The van der Waals surface area contributed by atoms with Gasteiger partial charge in [0.25, 0.3) is 0 Å². The summed E-state index contributed by atoms with van der Waals surface area (Å²) in [6.07, 6.45) is 1.73. The predicted molar refractivity (Wildman–Crippen MR) is 86.7 cm³/mol. The summed E-state index contributed by atoms with van der Waals surface area (Å²) < 4.78 is 5.76. The Morgan fingerprint density at radius 2 is 1.82 bits per heavy atom. The molecule has 0 amide bonds. The van der Waals surface area contributed by atoms with Crippen molar-refractivity contribution in [2.75, 3.05) is 6.61 Å². The van der Waals surface area contributed by atoms with Crippen LogP contribution in [0.1, 0.15) is 61.5 Å². The SMILES string of the molecule is CCC(=O)c1cc(C)c(OCCCC(C)(C)C(=O)O)cc1C. The fourth-order valence-electron chi connectivity index (χ4n) is 2.24. The number of carboxylic acids is 1. The Hall–Kier alpha value is -1.84. The first-order valence-corrected chi connectivity index (χ1v) is 7.69. The van der Waals surface area contributed by atoms with Gasteiger partial charge in [0.1, 0.15) is 5.75 Å². The van der Waals surface area contributed by atoms with E-state index in [1.165, 1.54) is 0 Å². The van der Waals surface area contributed by atoms with Crippen LogP contribution in [0.4, 0.5) is 0 Å². The largest absolute Gasteiger partial charge is 0.493 e. The Balaban J connectivity index is 2.66. The van der Waals surface area contributed by atoms with Gasteiger partial charge in [-0.15, -0.1) is 0 Å². The van der Waals surface area contributed by atoms with Crippen molar-refractivity contribution in [3.8, 4) is 5.75 Å². The molecule has 0 atom stereocenters. The molecule has 4 nitrogen and oxygen atoms in total. The molecule has 0 aliphatic rings. The van der Waals surface area contributed by atoms with Crippen LogP contribution in [0.2, 0.25) is 0 Å². The van der Waals surface area contributed by atoms with E-state index < -0.39 is 11.4 Å². The Kier molecular flexibility index (Phi) is 6.15. The number of carbonyl (C=O) groups excluding carboxylic acids is 1. The van der Waals surface area contributed by atoms with E-state index in [1.807, 2.05) is 32.9 Å². The molecular weight excluding hydrogens is 280 g/mol. The molecule has 1 N–H and O–H groups in total. The highest BCUT2D eigenvalue weighted by atomic mass is 16.5. The van der Waals surface area contributed by atoms with Gasteiger partial charge in [-0.2, -0.15) is 0 Å². The average Bonchev–Trinajstić information content (AvgIpc) is 2.45. The number of hydrogen-bond donors (Lipinski definition) is 1. The fourth-order valence-corrected chi connectivity index (χ4v) is 2.24. The molecule has 122 valence electrons. The van der Waals surface area contributed by atoms with Crippen molar-refractivity contribution in [2.24, 2.45) is 5.41 Å². The van der Waals surface area contributed by atoms with Crippen LogP contribution in [0.15, 0.2) is 12.1 Å². The van der Waals surface area contributed by atoms with Crippen LogP contribution in [-0.2, 0) is 4.79 Å². The molecule has 4 heteroatoms. The summed E-state index contributed by atoms with van der Waals surface area (Å²) in [5.41, 5.74) is 1.86. The molecule has 0 saturated carbocycles. The van der Waals surface area contributed by atoms with Crippen LogP contribution < -0.4 is 4.74 Å². The van der Waals surface area contributed by atoms with E-state index in [0.717, 1.165) is 22.4 Å². The van der Waals surface area contributed by atoms with E-state index in [9.17, 15) is 9.59 Å². The summed E-state index contributed by atoms with van der Waals surface area (Å²) in [6.45, 7) is 9.58. The maximum Gasteiger partial charge on any atom is 0.309 e. The zero-order valence-electron chi connectivity index (χ0n) is 14.2. The van der Waals surface area contributed by atoms with E-state index in [1.54, 1.807) is 13.8 Å². The number of carboxylic acid groups (broad SMARTS) is 1. The Morgan fingerprint density at radius 3 is 2.36 bits per heavy atom. The van der Waals surface area contributed by atoms with Crippen LogP contribution in [0.5, 0.6) is 5.75 Å². The van der Waals surface area contributed by atoms with Gasteiger partial charge in [-0.05, 0) is 63.8 Å². The van der Waals surface area contributed by atoms with E-state index in [4.69, 9.17) is 9.84 Å². The first-order valence-electron chi connectivity index (χ1n) is 7.69. The second-order valence-electron chi connectivity index (χ2n) is 6.35. The Bertz CT molecular complexity index is 558. The quantitative estimate of drug-likeness (QED) is 0.578. The molecule has 0 unspecified atom stereocenters. The average molecular weight is 306 g/mol. The summed E-state index contributed by atoms with van der Waals surface area (Å²) >= 11 is 0. The third-order valence-electron chi connectivity index (χ3n) is 3.93. The van der Waals surface area contributed by atoms with Crippen molar-refractivity contribution in [3.05, 3.63) is 28.8 Å². The van der Waals surface area contributed by atoms with Gasteiger partial charge >= 0.3 is 5.97 Å². The van der Waals surface area contributed by atoms with Gasteiger partial charge < -0.3 is 9.84 Å².